The van der Waals surface area contributed by atoms with Crippen LogP contribution in [0.5, 0.6) is 5.75 Å². The molecule has 2 aromatic heterocycles. The van der Waals surface area contributed by atoms with E-state index < -0.39 is 0 Å². The number of nitrogens with zero attached hydrogens (tertiary/aromatic N) is 1. The first-order valence-electron chi connectivity index (χ1n) is 13.1. The van der Waals surface area contributed by atoms with Crippen molar-refractivity contribution in [2.24, 2.45) is 5.41 Å². The molecule has 2 fully saturated rings. The number of hydrogen-bond donors (Lipinski definition) is 3. The second-order valence-electron chi connectivity index (χ2n) is 10.9. The lowest BCUT2D eigenvalue weighted by Crippen LogP contribution is -2.55. The van der Waals surface area contributed by atoms with Gasteiger partial charge in [0.1, 0.15) is 18.1 Å². The minimum atomic E-state index is -0.141. The lowest BCUT2D eigenvalue weighted by molar-refractivity contribution is -0.0197. The van der Waals surface area contributed by atoms with Gasteiger partial charge < -0.3 is 15.0 Å². The maximum Gasteiger partial charge on any atom is 0.272 e. The third-order valence-electron chi connectivity index (χ3n) is 8.25. The summed E-state index contributed by atoms with van der Waals surface area (Å²) in [7, 11) is 0. The summed E-state index contributed by atoms with van der Waals surface area (Å²) in [6, 6.07) is 25.6. The van der Waals surface area contributed by atoms with E-state index >= 15 is 0 Å². The third kappa shape index (κ3) is 4.04. The number of ether oxygens (including phenoxy) is 1. The van der Waals surface area contributed by atoms with Gasteiger partial charge in [-0.2, -0.15) is 5.10 Å². The Balaban J connectivity index is 0.958. The molecule has 2 aliphatic rings. The molecule has 5 aromatic rings. The molecule has 0 atom stereocenters. The van der Waals surface area contributed by atoms with Crippen LogP contribution in [-0.2, 0) is 6.61 Å². The smallest absolute Gasteiger partial charge is 0.272 e. The van der Waals surface area contributed by atoms with Crippen molar-refractivity contribution in [3.8, 4) is 5.75 Å². The van der Waals surface area contributed by atoms with Crippen molar-refractivity contribution >= 4 is 27.6 Å². The Labute approximate surface area is 219 Å². The van der Waals surface area contributed by atoms with Gasteiger partial charge in [0.15, 0.2) is 0 Å². The average molecular weight is 505 g/mol. The lowest BCUT2D eigenvalue weighted by atomic mass is 9.49. The lowest BCUT2D eigenvalue weighted by Gasteiger charge is -2.57. The molecule has 0 unspecified atom stereocenters. The van der Waals surface area contributed by atoms with Crippen LogP contribution in [0.1, 0.15) is 53.3 Å². The molecule has 7 heteroatoms. The molecule has 3 aromatic carbocycles. The zero-order valence-electron chi connectivity index (χ0n) is 20.9. The van der Waals surface area contributed by atoms with Gasteiger partial charge in [-0.1, -0.05) is 48.5 Å². The fourth-order valence-electron chi connectivity index (χ4n) is 6.37. The van der Waals surface area contributed by atoms with Crippen LogP contribution in [0.25, 0.3) is 21.7 Å². The summed E-state index contributed by atoms with van der Waals surface area (Å²) in [6.07, 6.45) is 4.05. The molecule has 0 saturated heterocycles. The van der Waals surface area contributed by atoms with Gasteiger partial charge >= 0.3 is 0 Å². The Morgan fingerprint density at radius 2 is 1.71 bits per heavy atom. The fourth-order valence-corrected chi connectivity index (χ4v) is 6.37. The van der Waals surface area contributed by atoms with E-state index in [1.807, 2.05) is 78.9 Å². The van der Waals surface area contributed by atoms with Crippen LogP contribution in [0, 0.1) is 5.41 Å². The van der Waals surface area contributed by atoms with E-state index in [4.69, 9.17) is 4.74 Å². The highest BCUT2D eigenvalue weighted by Crippen LogP contribution is 2.62. The minimum absolute atomic E-state index is 0.0722. The fraction of sp³-hybridized carbons (Fsp3) is 0.258. The SMILES string of the molecule is O=C(N[C@H]1CC2(C1)C[C@H](c1n[nH]c(=O)c3ccccc31)C2)c1cc2cc(OCc3ccccc3)ccc2[nH]1. The summed E-state index contributed by atoms with van der Waals surface area (Å²) < 4.78 is 5.94. The van der Waals surface area contributed by atoms with Crippen molar-refractivity contribution < 1.29 is 9.53 Å². The second-order valence-corrected chi connectivity index (χ2v) is 10.9. The standard InChI is InChI=1S/C31H28N4O3/c36-29-25-9-5-4-8-24(25)28(34-35-29)21-14-31(15-21)16-22(17-31)32-30(37)27-13-20-12-23(10-11-26(20)33-27)38-18-19-6-2-1-3-7-19/h1-13,21-22,33H,14-18H2,(H,32,37)(H,35,36)/t21-,22-,31?. The number of fused-ring (bicyclic) bond motifs is 2. The Kier molecular flexibility index (Phi) is 5.32. The number of aromatic amines is 2. The molecule has 2 saturated carbocycles. The zero-order chi connectivity index (χ0) is 25.7. The van der Waals surface area contributed by atoms with Gasteiger partial charge in [-0.15, -0.1) is 0 Å². The van der Waals surface area contributed by atoms with Crippen LogP contribution in [0.2, 0.25) is 0 Å². The van der Waals surface area contributed by atoms with Crippen LogP contribution in [-0.4, -0.2) is 27.1 Å². The Hall–Kier alpha value is -4.39. The van der Waals surface area contributed by atoms with Crippen molar-refractivity contribution in [3.05, 3.63) is 106 Å². The Morgan fingerprint density at radius 3 is 2.53 bits per heavy atom. The van der Waals surface area contributed by atoms with E-state index in [0.717, 1.165) is 59.0 Å². The van der Waals surface area contributed by atoms with Crippen LogP contribution in [0.3, 0.4) is 0 Å². The molecule has 7 rings (SSSR count). The molecule has 0 bridgehead atoms. The molecule has 190 valence electrons. The summed E-state index contributed by atoms with van der Waals surface area (Å²) in [6.45, 7) is 0.503. The van der Waals surface area contributed by atoms with E-state index in [1.54, 1.807) is 0 Å². The summed E-state index contributed by atoms with van der Waals surface area (Å²) in [5.74, 6) is 1.05. The topological polar surface area (TPSA) is 99.9 Å². The van der Waals surface area contributed by atoms with Gasteiger partial charge in [-0.05, 0) is 67.0 Å². The van der Waals surface area contributed by atoms with Crippen molar-refractivity contribution in [1.82, 2.24) is 20.5 Å². The predicted octanol–water partition coefficient (Wildman–Crippen LogP) is 5.44. The van der Waals surface area contributed by atoms with Crippen molar-refractivity contribution in [1.29, 1.82) is 0 Å². The van der Waals surface area contributed by atoms with Crippen LogP contribution in [0.15, 0.2) is 83.7 Å². The number of carbonyl (C=O) groups excluding carboxylic acids is 1. The molecule has 3 N–H and O–H groups in total. The van der Waals surface area contributed by atoms with E-state index in [-0.39, 0.29) is 22.9 Å². The Bertz CT molecular complexity index is 1710. The van der Waals surface area contributed by atoms with Gasteiger partial charge in [0, 0.05) is 28.2 Å². The molecule has 0 aliphatic heterocycles. The normalized spacial score (nSPS) is 22.2. The van der Waals surface area contributed by atoms with Gasteiger partial charge in [0.2, 0.25) is 0 Å². The molecule has 38 heavy (non-hydrogen) atoms. The number of amides is 1. The molecule has 2 heterocycles. The number of rotatable bonds is 6. The zero-order valence-corrected chi connectivity index (χ0v) is 20.9. The summed E-state index contributed by atoms with van der Waals surface area (Å²) in [5.41, 5.74) is 3.71. The highest BCUT2D eigenvalue weighted by atomic mass is 16.5. The van der Waals surface area contributed by atoms with Crippen LogP contribution >= 0.6 is 0 Å². The number of carbonyl (C=O) groups is 1. The average Bonchev–Trinajstić information content (AvgIpc) is 3.33. The molecular weight excluding hydrogens is 476 g/mol. The first kappa shape index (κ1) is 22.8. The highest BCUT2D eigenvalue weighted by Gasteiger charge is 2.54. The number of H-pyrrole nitrogens is 2. The van der Waals surface area contributed by atoms with E-state index in [9.17, 15) is 9.59 Å². The number of nitrogens with one attached hydrogen (secondary N) is 3. The first-order valence-corrected chi connectivity index (χ1v) is 13.1. The van der Waals surface area contributed by atoms with Crippen LogP contribution in [0.4, 0.5) is 0 Å². The van der Waals surface area contributed by atoms with Gasteiger partial charge in [0.25, 0.3) is 11.5 Å². The molecule has 0 radical (unpaired) electrons. The van der Waals surface area contributed by atoms with Crippen molar-refractivity contribution in [2.45, 2.75) is 44.2 Å². The summed E-state index contributed by atoms with van der Waals surface area (Å²) >= 11 is 0. The molecule has 2 aliphatic carbocycles. The predicted molar refractivity (Wildman–Crippen MR) is 146 cm³/mol. The number of hydrogen-bond acceptors (Lipinski definition) is 4. The maximum atomic E-state index is 13.0. The molecule has 1 spiro atoms. The van der Waals surface area contributed by atoms with Gasteiger partial charge in [-0.3, -0.25) is 9.59 Å². The van der Waals surface area contributed by atoms with Gasteiger partial charge in [-0.25, -0.2) is 5.10 Å². The third-order valence-corrected chi connectivity index (χ3v) is 8.25. The minimum Gasteiger partial charge on any atom is -0.489 e. The summed E-state index contributed by atoms with van der Waals surface area (Å²) in [4.78, 5) is 28.3. The van der Waals surface area contributed by atoms with E-state index in [1.165, 1.54) is 0 Å². The quantitative estimate of drug-likeness (QED) is 0.287. The molecular formula is C31H28N4O3. The number of aromatic nitrogens is 3. The largest absolute Gasteiger partial charge is 0.489 e. The monoisotopic (exact) mass is 504 g/mol. The van der Waals surface area contributed by atoms with Crippen LogP contribution < -0.4 is 15.6 Å². The maximum absolute atomic E-state index is 13.0. The Morgan fingerprint density at radius 1 is 0.947 bits per heavy atom. The molecule has 7 nitrogen and oxygen atoms in total. The number of benzene rings is 3. The first-order chi connectivity index (χ1) is 18.6. The highest BCUT2D eigenvalue weighted by molar-refractivity contribution is 5.98. The van der Waals surface area contributed by atoms with E-state index in [2.05, 4.69) is 20.5 Å². The van der Waals surface area contributed by atoms with Crippen molar-refractivity contribution in [3.63, 3.8) is 0 Å². The van der Waals surface area contributed by atoms with E-state index in [0.29, 0.717) is 23.6 Å². The second kappa shape index (κ2) is 8.87. The summed E-state index contributed by atoms with van der Waals surface area (Å²) in [5, 5.41) is 12.9. The van der Waals surface area contributed by atoms with Gasteiger partial charge in [0.05, 0.1) is 11.1 Å². The molecule has 1 amide bonds. The van der Waals surface area contributed by atoms with Crippen molar-refractivity contribution in [2.75, 3.05) is 0 Å².